The van der Waals surface area contributed by atoms with Gasteiger partial charge in [0.05, 0.1) is 12.2 Å². The Morgan fingerprint density at radius 2 is 2.21 bits per heavy atom. The zero-order valence-electron chi connectivity index (χ0n) is 10.4. The molecule has 7 heteroatoms. The number of rotatable bonds is 6. The summed E-state index contributed by atoms with van der Waals surface area (Å²) in [5.41, 5.74) is 0.277. The van der Waals surface area contributed by atoms with E-state index in [4.69, 9.17) is 4.42 Å². The summed E-state index contributed by atoms with van der Waals surface area (Å²) in [6.45, 7) is 3.45. The third-order valence-corrected chi connectivity index (χ3v) is 3.03. The maximum Gasteiger partial charge on any atom is 0.320 e. The van der Waals surface area contributed by atoms with Crippen LogP contribution in [0.3, 0.4) is 0 Å². The average molecular weight is 329 g/mol. The Balaban J connectivity index is 2.03. The van der Waals surface area contributed by atoms with E-state index in [1.165, 1.54) is 6.07 Å². The van der Waals surface area contributed by atoms with E-state index in [1.54, 1.807) is 12.1 Å². The summed E-state index contributed by atoms with van der Waals surface area (Å²) >= 11 is 3.26. The quantitative estimate of drug-likeness (QED) is 0.797. The van der Waals surface area contributed by atoms with Gasteiger partial charge in [-0.15, -0.1) is 5.10 Å². The molecule has 1 heterocycles. The predicted octanol–water partition coefficient (Wildman–Crippen LogP) is 3.21. The van der Waals surface area contributed by atoms with Crippen LogP contribution < -0.4 is 10.6 Å². The van der Waals surface area contributed by atoms with Gasteiger partial charge in [0.1, 0.15) is 5.82 Å². The van der Waals surface area contributed by atoms with Gasteiger partial charge >= 0.3 is 6.01 Å². The fraction of sp³-hybridized carbons (Fsp3) is 0.333. The highest BCUT2D eigenvalue weighted by Gasteiger charge is 2.11. The molecule has 1 aromatic heterocycles. The third kappa shape index (κ3) is 3.74. The Bertz CT molecular complexity index is 526. The van der Waals surface area contributed by atoms with E-state index < -0.39 is 5.82 Å². The molecular formula is C12H14BrFN4O. The molecule has 0 fully saturated rings. The highest BCUT2D eigenvalue weighted by Crippen LogP contribution is 2.27. The minimum absolute atomic E-state index is 0.166. The smallest absolute Gasteiger partial charge is 0.320 e. The van der Waals surface area contributed by atoms with Gasteiger partial charge in [-0.25, -0.2) is 4.39 Å². The van der Waals surface area contributed by atoms with Gasteiger partial charge in [-0.05, 0) is 41.0 Å². The predicted molar refractivity (Wildman–Crippen MR) is 73.7 cm³/mol. The highest BCUT2D eigenvalue weighted by molar-refractivity contribution is 9.10. The number of para-hydroxylation sites is 1. The Morgan fingerprint density at radius 3 is 2.95 bits per heavy atom. The standard InChI is InChI=1S/C12H14BrFN4O/c1-2-6-15-7-10-17-18-12(19-10)16-11-8(13)4-3-5-9(11)14/h3-5,15H,2,6-7H2,1H3,(H,16,18). The van der Waals surface area contributed by atoms with Gasteiger partial charge < -0.3 is 15.1 Å². The van der Waals surface area contributed by atoms with Crippen molar-refractivity contribution in [2.75, 3.05) is 11.9 Å². The van der Waals surface area contributed by atoms with Crippen molar-refractivity contribution in [2.24, 2.45) is 0 Å². The number of halogens is 2. The van der Waals surface area contributed by atoms with E-state index in [2.05, 4.69) is 43.7 Å². The fourth-order valence-corrected chi connectivity index (χ4v) is 1.91. The molecule has 0 radical (unpaired) electrons. The molecule has 0 amide bonds. The lowest BCUT2D eigenvalue weighted by Crippen LogP contribution is -2.13. The van der Waals surface area contributed by atoms with E-state index in [1.807, 2.05) is 0 Å². The largest absolute Gasteiger partial charge is 0.406 e. The van der Waals surface area contributed by atoms with Crippen LogP contribution in [0.2, 0.25) is 0 Å². The van der Waals surface area contributed by atoms with Crippen molar-refractivity contribution in [1.29, 1.82) is 0 Å². The Labute approximate surface area is 118 Å². The van der Waals surface area contributed by atoms with Crippen LogP contribution in [0.15, 0.2) is 27.1 Å². The summed E-state index contributed by atoms with van der Waals surface area (Å²) in [4.78, 5) is 0. The summed E-state index contributed by atoms with van der Waals surface area (Å²) in [6.07, 6.45) is 1.03. The molecule has 102 valence electrons. The van der Waals surface area contributed by atoms with Gasteiger partial charge in [0.25, 0.3) is 0 Å². The van der Waals surface area contributed by atoms with Gasteiger partial charge in [0.15, 0.2) is 0 Å². The zero-order chi connectivity index (χ0) is 13.7. The van der Waals surface area contributed by atoms with Crippen LogP contribution in [0.1, 0.15) is 19.2 Å². The molecule has 5 nitrogen and oxygen atoms in total. The van der Waals surface area contributed by atoms with Crippen LogP contribution in [-0.4, -0.2) is 16.7 Å². The minimum atomic E-state index is -0.391. The zero-order valence-corrected chi connectivity index (χ0v) is 12.0. The summed E-state index contributed by atoms with van der Waals surface area (Å²) in [6, 6.07) is 4.86. The van der Waals surface area contributed by atoms with E-state index >= 15 is 0 Å². The molecule has 2 rings (SSSR count). The first-order valence-electron chi connectivity index (χ1n) is 5.95. The van der Waals surface area contributed by atoms with Crippen molar-refractivity contribution in [3.63, 3.8) is 0 Å². The maximum absolute atomic E-state index is 13.6. The maximum atomic E-state index is 13.6. The number of nitrogens with one attached hydrogen (secondary N) is 2. The number of aromatic nitrogens is 2. The van der Waals surface area contributed by atoms with Crippen LogP contribution in [0.25, 0.3) is 0 Å². The lowest BCUT2D eigenvalue weighted by molar-refractivity contribution is 0.479. The van der Waals surface area contributed by atoms with Crippen LogP contribution in [0.4, 0.5) is 16.1 Å². The summed E-state index contributed by atoms with van der Waals surface area (Å²) in [5, 5.41) is 13.6. The molecule has 19 heavy (non-hydrogen) atoms. The molecule has 2 aromatic rings. The molecule has 0 bridgehead atoms. The fourth-order valence-electron chi connectivity index (χ4n) is 1.47. The van der Waals surface area contributed by atoms with Gasteiger partial charge in [0, 0.05) is 4.47 Å². The third-order valence-electron chi connectivity index (χ3n) is 2.36. The van der Waals surface area contributed by atoms with Crippen LogP contribution in [0, 0.1) is 5.82 Å². The van der Waals surface area contributed by atoms with Crippen LogP contribution >= 0.6 is 15.9 Å². The van der Waals surface area contributed by atoms with E-state index in [-0.39, 0.29) is 11.7 Å². The highest BCUT2D eigenvalue weighted by atomic mass is 79.9. The molecule has 0 aliphatic rings. The number of hydrogen-bond acceptors (Lipinski definition) is 5. The molecule has 0 atom stereocenters. The molecule has 0 saturated carbocycles. The van der Waals surface area contributed by atoms with Crippen LogP contribution in [0.5, 0.6) is 0 Å². The lowest BCUT2D eigenvalue weighted by Gasteiger charge is -2.04. The van der Waals surface area contributed by atoms with E-state index in [9.17, 15) is 4.39 Å². The first kappa shape index (κ1) is 14.0. The van der Waals surface area contributed by atoms with Gasteiger partial charge in [0.2, 0.25) is 5.89 Å². The average Bonchev–Trinajstić information content (AvgIpc) is 2.82. The first-order valence-corrected chi connectivity index (χ1v) is 6.74. The topological polar surface area (TPSA) is 63.0 Å². The Hall–Kier alpha value is -1.47. The van der Waals surface area contributed by atoms with Crippen molar-refractivity contribution >= 4 is 27.6 Å². The number of anilines is 2. The van der Waals surface area contributed by atoms with Crippen molar-refractivity contribution < 1.29 is 8.81 Å². The lowest BCUT2D eigenvalue weighted by atomic mass is 10.3. The minimum Gasteiger partial charge on any atom is -0.406 e. The van der Waals surface area contributed by atoms with Crippen molar-refractivity contribution in [2.45, 2.75) is 19.9 Å². The van der Waals surface area contributed by atoms with E-state index in [0.717, 1.165) is 13.0 Å². The number of hydrogen-bond donors (Lipinski definition) is 2. The second-order valence-corrected chi connectivity index (χ2v) is 4.75. The second kappa shape index (κ2) is 6.63. The first-order chi connectivity index (χ1) is 9.20. The van der Waals surface area contributed by atoms with Gasteiger partial charge in [-0.3, -0.25) is 0 Å². The Kier molecular flexibility index (Phi) is 4.86. The molecule has 2 N–H and O–H groups in total. The molecule has 1 aromatic carbocycles. The monoisotopic (exact) mass is 328 g/mol. The molecule has 0 saturated heterocycles. The molecular weight excluding hydrogens is 315 g/mol. The molecule has 0 spiro atoms. The number of nitrogens with zero attached hydrogens (tertiary/aromatic N) is 2. The van der Waals surface area contributed by atoms with E-state index in [0.29, 0.717) is 16.9 Å². The summed E-state index contributed by atoms with van der Waals surface area (Å²) < 4.78 is 19.6. The normalized spacial score (nSPS) is 10.7. The Morgan fingerprint density at radius 1 is 1.37 bits per heavy atom. The SMILES string of the molecule is CCCNCc1nnc(Nc2c(F)cccc2Br)o1. The van der Waals surface area contributed by atoms with Crippen LogP contribution in [-0.2, 0) is 6.54 Å². The van der Waals surface area contributed by atoms with Gasteiger partial charge in [-0.2, -0.15) is 0 Å². The second-order valence-electron chi connectivity index (χ2n) is 3.90. The molecule has 0 aliphatic heterocycles. The van der Waals surface area contributed by atoms with Crippen molar-refractivity contribution in [3.8, 4) is 0 Å². The number of benzene rings is 1. The summed E-state index contributed by atoms with van der Waals surface area (Å²) in [5.74, 6) is 0.0710. The van der Waals surface area contributed by atoms with Crippen molar-refractivity contribution in [1.82, 2.24) is 15.5 Å². The molecule has 0 aliphatic carbocycles. The molecule has 0 unspecified atom stereocenters. The van der Waals surface area contributed by atoms with Gasteiger partial charge in [-0.1, -0.05) is 18.1 Å². The summed E-state index contributed by atoms with van der Waals surface area (Å²) in [7, 11) is 0. The van der Waals surface area contributed by atoms with Crippen molar-refractivity contribution in [3.05, 3.63) is 34.4 Å².